The molecule has 25 heavy (non-hydrogen) atoms. The summed E-state index contributed by atoms with van der Waals surface area (Å²) in [5, 5.41) is 3.20. The molecule has 3 aliphatic rings. The lowest BCUT2D eigenvalue weighted by molar-refractivity contribution is -0.123. The number of nitrogens with one attached hydrogen (secondary N) is 1. The number of amides is 1. The second-order valence-corrected chi connectivity index (χ2v) is 9.20. The number of carbonyl (C=O) groups excluding carboxylic acids is 1. The van der Waals surface area contributed by atoms with Gasteiger partial charge in [0.2, 0.25) is 5.91 Å². The smallest absolute Gasteiger partial charge is 0.223 e. The lowest BCUT2D eigenvalue weighted by Gasteiger charge is -2.36. The van der Waals surface area contributed by atoms with Gasteiger partial charge in [-0.05, 0) is 68.3 Å². The van der Waals surface area contributed by atoms with Gasteiger partial charge in [0.15, 0.2) is 0 Å². The van der Waals surface area contributed by atoms with Gasteiger partial charge in [-0.3, -0.25) is 9.69 Å². The zero-order valence-electron chi connectivity index (χ0n) is 15.1. The maximum Gasteiger partial charge on any atom is 0.223 e. The fourth-order valence-corrected chi connectivity index (χ4v) is 5.94. The highest BCUT2D eigenvalue weighted by Crippen LogP contribution is 2.59. The van der Waals surface area contributed by atoms with E-state index < -0.39 is 0 Å². The van der Waals surface area contributed by atoms with Crippen LogP contribution in [0.5, 0.6) is 0 Å². The SMILES string of the molecule is O=C(NCCCc1ccccc1)C1CC12CCN(C1CCSC1)CC2. The molecule has 3 fully saturated rings. The summed E-state index contributed by atoms with van der Waals surface area (Å²) in [7, 11) is 0. The highest BCUT2D eigenvalue weighted by molar-refractivity contribution is 7.99. The molecule has 1 N–H and O–H groups in total. The van der Waals surface area contributed by atoms with Gasteiger partial charge in [-0.1, -0.05) is 30.3 Å². The van der Waals surface area contributed by atoms with Crippen molar-refractivity contribution < 1.29 is 4.79 Å². The molecule has 1 aromatic rings. The third-order valence-corrected chi connectivity index (χ3v) is 7.65. The van der Waals surface area contributed by atoms with Crippen molar-refractivity contribution in [3.63, 3.8) is 0 Å². The van der Waals surface area contributed by atoms with Crippen LogP contribution in [0.1, 0.15) is 37.7 Å². The molecule has 2 atom stereocenters. The molecular weight excluding hydrogens is 328 g/mol. The fourth-order valence-electron chi connectivity index (χ4n) is 4.69. The number of likely N-dealkylation sites (tertiary alicyclic amines) is 1. The van der Waals surface area contributed by atoms with Crippen molar-refractivity contribution in [3.8, 4) is 0 Å². The van der Waals surface area contributed by atoms with Crippen molar-refractivity contribution in [1.29, 1.82) is 0 Å². The zero-order valence-corrected chi connectivity index (χ0v) is 15.9. The number of aryl methyl sites for hydroxylation is 1. The average Bonchev–Trinajstić information content (AvgIpc) is 3.07. The second-order valence-electron chi connectivity index (χ2n) is 8.05. The number of hydrogen-bond acceptors (Lipinski definition) is 3. The molecule has 1 spiro atoms. The van der Waals surface area contributed by atoms with E-state index in [0.29, 0.717) is 17.2 Å². The maximum atomic E-state index is 12.5. The fraction of sp³-hybridized carbons (Fsp3) is 0.667. The molecule has 2 unspecified atom stereocenters. The molecule has 1 aromatic carbocycles. The average molecular weight is 359 g/mol. The molecule has 136 valence electrons. The lowest BCUT2D eigenvalue weighted by atomic mass is 9.89. The largest absolute Gasteiger partial charge is 0.356 e. The van der Waals surface area contributed by atoms with Gasteiger partial charge in [0, 0.05) is 24.3 Å². The van der Waals surface area contributed by atoms with Crippen LogP contribution in [0.15, 0.2) is 30.3 Å². The molecule has 4 rings (SSSR count). The van der Waals surface area contributed by atoms with Gasteiger partial charge < -0.3 is 5.32 Å². The molecule has 1 saturated carbocycles. The van der Waals surface area contributed by atoms with E-state index in [4.69, 9.17) is 0 Å². The predicted molar refractivity (Wildman–Crippen MR) is 105 cm³/mol. The Kier molecular flexibility index (Phi) is 5.37. The normalized spacial score (nSPS) is 28.2. The van der Waals surface area contributed by atoms with Gasteiger partial charge in [0.05, 0.1) is 0 Å². The van der Waals surface area contributed by atoms with E-state index >= 15 is 0 Å². The van der Waals surface area contributed by atoms with Crippen molar-refractivity contribution in [2.24, 2.45) is 11.3 Å². The van der Waals surface area contributed by atoms with Crippen LogP contribution in [0.4, 0.5) is 0 Å². The van der Waals surface area contributed by atoms with Gasteiger partial charge >= 0.3 is 0 Å². The molecule has 3 nitrogen and oxygen atoms in total. The number of piperidine rings is 1. The van der Waals surface area contributed by atoms with Crippen LogP contribution in [0.3, 0.4) is 0 Å². The van der Waals surface area contributed by atoms with Crippen molar-refractivity contribution in [3.05, 3.63) is 35.9 Å². The minimum Gasteiger partial charge on any atom is -0.356 e. The van der Waals surface area contributed by atoms with Gasteiger partial charge in [-0.25, -0.2) is 0 Å². The summed E-state index contributed by atoms with van der Waals surface area (Å²) < 4.78 is 0. The van der Waals surface area contributed by atoms with Gasteiger partial charge in [0.1, 0.15) is 0 Å². The standard InChI is InChI=1S/C21H30N2OS/c24-20(22-11-4-7-17-5-2-1-3-6-17)19-15-21(19)9-12-23(13-10-21)18-8-14-25-16-18/h1-3,5-6,18-19H,4,7-16H2,(H,22,24). The number of thioether (sulfide) groups is 1. The summed E-state index contributed by atoms with van der Waals surface area (Å²) in [6.07, 6.45) is 7.04. The number of carbonyl (C=O) groups is 1. The zero-order chi connectivity index (χ0) is 17.1. The first-order valence-corrected chi connectivity index (χ1v) is 11.1. The van der Waals surface area contributed by atoms with E-state index in [1.54, 1.807) is 0 Å². The summed E-state index contributed by atoms with van der Waals surface area (Å²) in [5.41, 5.74) is 1.71. The summed E-state index contributed by atoms with van der Waals surface area (Å²) >= 11 is 2.10. The van der Waals surface area contributed by atoms with Crippen molar-refractivity contribution >= 4 is 17.7 Å². The molecule has 2 aliphatic heterocycles. The number of benzene rings is 1. The molecular formula is C21H30N2OS. The summed E-state index contributed by atoms with van der Waals surface area (Å²) in [6.45, 7) is 3.23. The van der Waals surface area contributed by atoms with Crippen LogP contribution in [-0.4, -0.2) is 48.0 Å². The Labute approximate surface area is 155 Å². The summed E-state index contributed by atoms with van der Waals surface area (Å²) in [4.78, 5) is 15.2. The van der Waals surface area contributed by atoms with E-state index in [1.807, 2.05) is 0 Å². The molecule has 0 radical (unpaired) electrons. The first-order valence-electron chi connectivity index (χ1n) is 9.90. The Bertz CT molecular complexity index is 577. The van der Waals surface area contributed by atoms with Crippen LogP contribution < -0.4 is 5.32 Å². The van der Waals surface area contributed by atoms with Crippen LogP contribution in [0.25, 0.3) is 0 Å². The van der Waals surface area contributed by atoms with E-state index in [1.165, 1.54) is 49.4 Å². The van der Waals surface area contributed by atoms with Gasteiger partial charge in [-0.2, -0.15) is 11.8 Å². The predicted octanol–water partition coefficient (Wildman–Crippen LogP) is 3.34. The quantitative estimate of drug-likeness (QED) is 0.792. The van der Waals surface area contributed by atoms with E-state index in [0.717, 1.165) is 31.8 Å². The first-order chi connectivity index (χ1) is 12.3. The highest BCUT2D eigenvalue weighted by Gasteiger charge is 2.58. The Morgan fingerprint density at radius 2 is 2.04 bits per heavy atom. The van der Waals surface area contributed by atoms with Crippen LogP contribution in [-0.2, 0) is 11.2 Å². The second kappa shape index (κ2) is 7.71. The minimum atomic E-state index is 0.296. The van der Waals surface area contributed by atoms with E-state index in [2.05, 4.69) is 52.3 Å². The van der Waals surface area contributed by atoms with Crippen molar-refractivity contribution in [2.75, 3.05) is 31.1 Å². The highest BCUT2D eigenvalue weighted by atomic mass is 32.2. The Balaban J connectivity index is 1.16. The topological polar surface area (TPSA) is 32.3 Å². The molecule has 1 aliphatic carbocycles. The maximum absolute atomic E-state index is 12.5. The summed E-state index contributed by atoms with van der Waals surface area (Å²) in [6, 6.07) is 11.3. The third-order valence-electron chi connectivity index (χ3n) is 6.51. The minimum absolute atomic E-state index is 0.296. The first kappa shape index (κ1) is 17.4. The van der Waals surface area contributed by atoms with Crippen LogP contribution in [0, 0.1) is 11.3 Å². The van der Waals surface area contributed by atoms with E-state index in [-0.39, 0.29) is 0 Å². The van der Waals surface area contributed by atoms with Gasteiger partial charge in [0.25, 0.3) is 0 Å². The van der Waals surface area contributed by atoms with Gasteiger partial charge in [-0.15, -0.1) is 0 Å². The molecule has 1 amide bonds. The Morgan fingerprint density at radius 3 is 2.76 bits per heavy atom. The van der Waals surface area contributed by atoms with Crippen molar-refractivity contribution in [2.45, 2.75) is 44.6 Å². The number of nitrogens with zero attached hydrogens (tertiary/aromatic N) is 1. The third kappa shape index (κ3) is 4.06. The molecule has 0 bridgehead atoms. The molecule has 4 heteroatoms. The lowest BCUT2D eigenvalue weighted by Crippen LogP contribution is -2.43. The van der Waals surface area contributed by atoms with Crippen LogP contribution in [0.2, 0.25) is 0 Å². The van der Waals surface area contributed by atoms with Crippen LogP contribution >= 0.6 is 11.8 Å². The molecule has 2 heterocycles. The Morgan fingerprint density at radius 1 is 1.24 bits per heavy atom. The molecule has 0 aromatic heterocycles. The monoisotopic (exact) mass is 358 g/mol. The number of rotatable bonds is 6. The van der Waals surface area contributed by atoms with E-state index in [9.17, 15) is 4.79 Å². The molecule has 2 saturated heterocycles. The number of hydrogen-bond donors (Lipinski definition) is 1. The van der Waals surface area contributed by atoms with Crippen molar-refractivity contribution in [1.82, 2.24) is 10.2 Å². The Hall–Kier alpha value is -1.00. The summed E-state index contributed by atoms with van der Waals surface area (Å²) in [5.74, 6) is 3.26.